The molecule has 2 aromatic carbocycles. The van der Waals surface area contributed by atoms with Gasteiger partial charge in [-0.25, -0.2) is 4.39 Å². The molecule has 1 saturated heterocycles. The first-order valence-electron chi connectivity index (χ1n) is 13.5. The molecule has 212 valence electrons. The van der Waals surface area contributed by atoms with E-state index in [1.165, 1.54) is 17.0 Å². The Labute approximate surface area is 234 Å². The quantitative estimate of drug-likeness (QED) is 0.376. The van der Waals surface area contributed by atoms with E-state index in [0.29, 0.717) is 49.9 Å². The van der Waals surface area contributed by atoms with Crippen LogP contribution in [0.2, 0.25) is 0 Å². The Balaban J connectivity index is 1.37. The number of carbonyl (C=O) groups excluding carboxylic acids is 2. The third-order valence-electron chi connectivity index (χ3n) is 7.23. The smallest absolute Gasteiger partial charge is 0.257 e. The van der Waals surface area contributed by atoms with Crippen molar-refractivity contribution in [1.82, 2.24) is 20.0 Å². The molecule has 9 nitrogen and oxygen atoms in total. The maximum Gasteiger partial charge on any atom is 0.257 e. The second-order valence-electron chi connectivity index (χ2n) is 9.89. The van der Waals surface area contributed by atoms with Gasteiger partial charge in [-0.2, -0.15) is 0 Å². The summed E-state index contributed by atoms with van der Waals surface area (Å²) in [5.74, 6) is 0.969. The average Bonchev–Trinajstić information content (AvgIpc) is 3.00. The molecule has 4 rings (SSSR count). The molecule has 0 saturated carbocycles. The number of benzene rings is 2. The summed E-state index contributed by atoms with van der Waals surface area (Å²) in [4.78, 5) is 31.7. The van der Waals surface area contributed by atoms with Gasteiger partial charge in [-0.1, -0.05) is 32.4 Å². The van der Waals surface area contributed by atoms with Crippen LogP contribution >= 0.6 is 0 Å². The minimum absolute atomic E-state index is 0.0153. The van der Waals surface area contributed by atoms with Crippen LogP contribution in [0.25, 0.3) is 11.3 Å². The Bertz CT molecular complexity index is 1310. The maximum absolute atomic E-state index is 14.3. The maximum atomic E-state index is 14.3. The van der Waals surface area contributed by atoms with Gasteiger partial charge < -0.3 is 24.2 Å². The van der Waals surface area contributed by atoms with Crippen molar-refractivity contribution in [2.75, 3.05) is 58.4 Å². The minimum atomic E-state index is -0.582. The first-order chi connectivity index (χ1) is 19.3. The number of nitrogens with zero attached hydrogens (tertiary/aromatic N) is 5. The lowest BCUT2D eigenvalue weighted by molar-refractivity contribution is -0.132. The number of amides is 2. The Morgan fingerprint density at radius 1 is 0.975 bits per heavy atom. The standard InChI is InChI=1S/C30H36FN5O4/c1-5-21(2)19-36(30(38)23-8-6-7-9-24(23)31)20-29(37)35-16-14-34(15-17-35)28-13-11-25(32-33-28)22-10-12-26(39-3)27(18-22)40-4/h6-13,18,21H,5,14-17,19-20H2,1-4H3/t21-/m1/s1. The number of hydrogen-bond donors (Lipinski definition) is 0. The molecule has 2 heterocycles. The molecule has 10 heteroatoms. The number of piperazine rings is 1. The summed E-state index contributed by atoms with van der Waals surface area (Å²) in [5, 5.41) is 8.81. The highest BCUT2D eigenvalue weighted by atomic mass is 19.1. The average molecular weight is 550 g/mol. The fourth-order valence-corrected chi connectivity index (χ4v) is 4.62. The number of methoxy groups -OCH3 is 2. The summed E-state index contributed by atoms with van der Waals surface area (Å²) in [5.41, 5.74) is 1.55. The molecule has 0 aliphatic carbocycles. The second-order valence-corrected chi connectivity index (χ2v) is 9.89. The van der Waals surface area contributed by atoms with Gasteiger partial charge in [0.05, 0.1) is 25.5 Å². The first kappa shape index (κ1) is 28.8. The van der Waals surface area contributed by atoms with E-state index in [9.17, 15) is 14.0 Å². The minimum Gasteiger partial charge on any atom is -0.493 e. The van der Waals surface area contributed by atoms with E-state index < -0.39 is 11.7 Å². The van der Waals surface area contributed by atoms with Gasteiger partial charge in [0.2, 0.25) is 5.91 Å². The lowest BCUT2D eigenvalue weighted by Crippen LogP contribution is -2.52. The molecule has 1 fully saturated rings. The number of halogens is 1. The lowest BCUT2D eigenvalue weighted by atomic mass is 10.1. The van der Waals surface area contributed by atoms with Crippen LogP contribution in [0.5, 0.6) is 11.5 Å². The number of aromatic nitrogens is 2. The van der Waals surface area contributed by atoms with Gasteiger partial charge in [0.15, 0.2) is 17.3 Å². The van der Waals surface area contributed by atoms with Gasteiger partial charge in [-0.3, -0.25) is 9.59 Å². The summed E-state index contributed by atoms with van der Waals surface area (Å²) < 4.78 is 25.0. The van der Waals surface area contributed by atoms with Crippen molar-refractivity contribution >= 4 is 17.6 Å². The van der Waals surface area contributed by atoms with E-state index in [1.807, 2.05) is 44.2 Å². The molecule has 0 bridgehead atoms. The van der Waals surface area contributed by atoms with Gasteiger partial charge in [-0.15, -0.1) is 10.2 Å². The van der Waals surface area contributed by atoms with E-state index in [0.717, 1.165) is 17.8 Å². The van der Waals surface area contributed by atoms with Crippen LogP contribution in [0.4, 0.5) is 10.2 Å². The van der Waals surface area contributed by atoms with Crippen LogP contribution in [0.15, 0.2) is 54.6 Å². The zero-order valence-electron chi connectivity index (χ0n) is 23.5. The van der Waals surface area contributed by atoms with E-state index in [-0.39, 0.29) is 23.9 Å². The topological polar surface area (TPSA) is 88.1 Å². The van der Waals surface area contributed by atoms with E-state index >= 15 is 0 Å². The molecular formula is C30H36FN5O4. The van der Waals surface area contributed by atoms with Gasteiger partial charge in [0.25, 0.3) is 5.91 Å². The number of rotatable bonds is 10. The molecule has 0 N–H and O–H groups in total. The highest BCUT2D eigenvalue weighted by molar-refractivity contribution is 5.96. The summed E-state index contributed by atoms with van der Waals surface area (Å²) in [6.07, 6.45) is 0.847. The van der Waals surface area contributed by atoms with Gasteiger partial charge in [-0.05, 0) is 48.4 Å². The molecule has 1 aliphatic rings. The summed E-state index contributed by atoms with van der Waals surface area (Å²) in [6.45, 7) is 6.50. The van der Waals surface area contributed by atoms with Crippen LogP contribution in [-0.4, -0.2) is 85.3 Å². The largest absolute Gasteiger partial charge is 0.493 e. The molecule has 0 radical (unpaired) electrons. The first-order valence-corrected chi connectivity index (χ1v) is 13.5. The Morgan fingerprint density at radius 2 is 1.70 bits per heavy atom. The molecule has 2 amide bonds. The van der Waals surface area contributed by atoms with E-state index in [4.69, 9.17) is 9.47 Å². The van der Waals surface area contributed by atoms with Crippen molar-refractivity contribution < 1.29 is 23.5 Å². The summed E-state index contributed by atoms with van der Waals surface area (Å²) in [6, 6.07) is 15.3. The molecule has 1 aliphatic heterocycles. The molecular weight excluding hydrogens is 513 g/mol. The molecule has 1 atom stereocenters. The highest BCUT2D eigenvalue weighted by Gasteiger charge is 2.27. The monoisotopic (exact) mass is 549 g/mol. The normalized spacial score (nSPS) is 14.0. The molecule has 3 aromatic rings. The van der Waals surface area contributed by atoms with Crippen LogP contribution in [0, 0.1) is 11.7 Å². The number of carbonyl (C=O) groups is 2. The lowest BCUT2D eigenvalue weighted by Gasteiger charge is -2.36. The second kappa shape index (κ2) is 13.2. The third-order valence-corrected chi connectivity index (χ3v) is 7.23. The Hall–Kier alpha value is -4.21. The molecule has 1 aromatic heterocycles. The fraction of sp³-hybridized carbons (Fsp3) is 0.400. The van der Waals surface area contributed by atoms with Crippen molar-refractivity contribution in [2.24, 2.45) is 5.92 Å². The molecule has 0 unspecified atom stereocenters. The Morgan fingerprint density at radius 3 is 2.33 bits per heavy atom. The van der Waals surface area contributed by atoms with Gasteiger partial charge in [0.1, 0.15) is 12.4 Å². The molecule has 40 heavy (non-hydrogen) atoms. The number of anilines is 1. The highest BCUT2D eigenvalue weighted by Crippen LogP contribution is 2.31. The predicted octanol–water partition coefficient (Wildman–Crippen LogP) is 4.14. The zero-order valence-corrected chi connectivity index (χ0v) is 23.5. The predicted molar refractivity (Wildman–Crippen MR) is 151 cm³/mol. The SMILES string of the molecule is CC[C@@H](C)CN(CC(=O)N1CCN(c2ccc(-c3ccc(OC)c(OC)c3)nn2)CC1)C(=O)c1ccccc1F. The van der Waals surface area contributed by atoms with Gasteiger partial charge >= 0.3 is 0 Å². The van der Waals surface area contributed by atoms with E-state index in [2.05, 4.69) is 15.1 Å². The van der Waals surface area contributed by atoms with E-state index in [1.54, 1.807) is 31.3 Å². The van der Waals surface area contributed by atoms with Crippen LogP contribution < -0.4 is 14.4 Å². The van der Waals surface area contributed by atoms with Crippen molar-refractivity contribution in [3.05, 3.63) is 66.0 Å². The Kier molecular flexibility index (Phi) is 9.52. The van der Waals surface area contributed by atoms with Crippen LogP contribution in [-0.2, 0) is 4.79 Å². The molecule has 0 spiro atoms. The fourth-order valence-electron chi connectivity index (χ4n) is 4.62. The van der Waals surface area contributed by atoms with Gasteiger partial charge in [0, 0.05) is 38.3 Å². The third kappa shape index (κ3) is 6.67. The van der Waals surface area contributed by atoms with Crippen molar-refractivity contribution in [2.45, 2.75) is 20.3 Å². The summed E-state index contributed by atoms with van der Waals surface area (Å²) in [7, 11) is 3.18. The van der Waals surface area contributed by atoms with Crippen molar-refractivity contribution in [3.8, 4) is 22.8 Å². The van der Waals surface area contributed by atoms with Crippen molar-refractivity contribution in [3.63, 3.8) is 0 Å². The number of ether oxygens (including phenoxy) is 2. The number of hydrogen-bond acceptors (Lipinski definition) is 7. The zero-order chi connectivity index (χ0) is 28.6. The van der Waals surface area contributed by atoms with Crippen molar-refractivity contribution in [1.29, 1.82) is 0 Å². The summed E-state index contributed by atoms with van der Waals surface area (Å²) >= 11 is 0. The van der Waals surface area contributed by atoms with Crippen LogP contribution in [0.3, 0.4) is 0 Å². The van der Waals surface area contributed by atoms with Crippen LogP contribution in [0.1, 0.15) is 30.6 Å².